The number of hydrogen-bond acceptors (Lipinski definition) is 3. The van der Waals surface area contributed by atoms with Crippen LogP contribution in [0.1, 0.15) is 10.6 Å². The fraction of sp³-hybridized carbons (Fsp3) is 0.188. The maximum absolute atomic E-state index is 4.67. The van der Waals surface area contributed by atoms with Crippen LogP contribution in [0, 0.1) is 0 Å². The van der Waals surface area contributed by atoms with Gasteiger partial charge in [-0.05, 0) is 24.7 Å². The molecular formula is C16H16N2S. The molecule has 0 saturated heterocycles. The summed E-state index contributed by atoms with van der Waals surface area (Å²) in [4.78, 5) is 6.97. The minimum atomic E-state index is 0.897. The molecule has 0 aliphatic carbocycles. The van der Waals surface area contributed by atoms with Gasteiger partial charge in [-0.25, -0.2) is 4.98 Å². The highest BCUT2D eigenvalue weighted by atomic mass is 32.1. The minimum Gasteiger partial charge on any atom is -0.295 e. The maximum Gasteiger partial charge on any atom is 0.108 e. The molecule has 2 nitrogen and oxygen atoms in total. The first-order valence-electron chi connectivity index (χ1n) is 6.38. The van der Waals surface area contributed by atoms with Crippen LogP contribution in [0.3, 0.4) is 0 Å². The zero-order valence-corrected chi connectivity index (χ0v) is 11.7. The average Bonchev–Trinajstić information content (AvgIpc) is 2.81. The van der Waals surface area contributed by atoms with Crippen LogP contribution in [0.15, 0.2) is 54.6 Å². The predicted molar refractivity (Wildman–Crippen MR) is 81.2 cm³/mol. The number of aromatic nitrogens is 1. The molecule has 2 aromatic carbocycles. The van der Waals surface area contributed by atoms with E-state index >= 15 is 0 Å². The molecule has 0 unspecified atom stereocenters. The van der Waals surface area contributed by atoms with Crippen LogP contribution in [0.25, 0.3) is 10.2 Å². The van der Waals surface area contributed by atoms with Crippen molar-refractivity contribution in [2.75, 3.05) is 7.05 Å². The lowest BCUT2D eigenvalue weighted by Crippen LogP contribution is -2.16. The normalized spacial score (nSPS) is 11.3. The molecule has 3 rings (SSSR count). The predicted octanol–water partition coefficient (Wildman–Crippen LogP) is 3.93. The summed E-state index contributed by atoms with van der Waals surface area (Å²) in [7, 11) is 2.14. The Balaban J connectivity index is 1.70. The van der Waals surface area contributed by atoms with Crippen LogP contribution in [0.4, 0.5) is 0 Å². The summed E-state index contributed by atoms with van der Waals surface area (Å²) in [5.41, 5.74) is 2.45. The van der Waals surface area contributed by atoms with E-state index in [1.165, 1.54) is 15.3 Å². The first-order valence-corrected chi connectivity index (χ1v) is 7.20. The van der Waals surface area contributed by atoms with Crippen molar-refractivity contribution in [1.29, 1.82) is 0 Å². The summed E-state index contributed by atoms with van der Waals surface area (Å²) >= 11 is 1.78. The average molecular weight is 268 g/mol. The topological polar surface area (TPSA) is 16.1 Å². The largest absolute Gasteiger partial charge is 0.295 e. The van der Waals surface area contributed by atoms with Crippen molar-refractivity contribution in [2.24, 2.45) is 0 Å². The third-order valence-electron chi connectivity index (χ3n) is 3.04. The van der Waals surface area contributed by atoms with E-state index in [4.69, 9.17) is 0 Å². The molecule has 0 amide bonds. The van der Waals surface area contributed by atoms with Gasteiger partial charge in [0.2, 0.25) is 0 Å². The lowest BCUT2D eigenvalue weighted by atomic mass is 10.2. The lowest BCUT2D eigenvalue weighted by Gasteiger charge is -2.14. The highest BCUT2D eigenvalue weighted by molar-refractivity contribution is 7.18. The number of thiazole rings is 1. The van der Waals surface area contributed by atoms with Gasteiger partial charge in [-0.3, -0.25) is 4.90 Å². The standard InChI is InChI=1S/C16H16N2S/c1-18(11-13-7-3-2-4-8-13)12-16-17-14-9-5-6-10-15(14)19-16/h2-10H,11-12H2,1H3. The third kappa shape index (κ3) is 3.00. The molecule has 0 bridgehead atoms. The van der Waals surface area contributed by atoms with Gasteiger partial charge in [0.05, 0.1) is 16.8 Å². The van der Waals surface area contributed by atoms with Crippen LogP contribution in [0.5, 0.6) is 0 Å². The number of rotatable bonds is 4. The van der Waals surface area contributed by atoms with Crippen molar-refractivity contribution in [1.82, 2.24) is 9.88 Å². The Labute approximate surface area is 117 Å². The first-order chi connectivity index (χ1) is 9.31. The number of para-hydroxylation sites is 1. The molecule has 96 valence electrons. The van der Waals surface area contributed by atoms with Crippen LogP contribution in [-0.2, 0) is 13.1 Å². The van der Waals surface area contributed by atoms with Crippen molar-refractivity contribution in [3.8, 4) is 0 Å². The van der Waals surface area contributed by atoms with Gasteiger partial charge in [0.15, 0.2) is 0 Å². The Morgan fingerprint density at radius 3 is 2.47 bits per heavy atom. The molecule has 19 heavy (non-hydrogen) atoms. The van der Waals surface area contributed by atoms with Crippen molar-refractivity contribution in [3.05, 3.63) is 65.2 Å². The second-order valence-electron chi connectivity index (χ2n) is 4.73. The number of nitrogens with zero attached hydrogens (tertiary/aromatic N) is 2. The zero-order chi connectivity index (χ0) is 13.1. The van der Waals surface area contributed by atoms with E-state index in [1.54, 1.807) is 11.3 Å². The van der Waals surface area contributed by atoms with Gasteiger partial charge in [-0.1, -0.05) is 42.5 Å². The minimum absolute atomic E-state index is 0.897. The van der Waals surface area contributed by atoms with E-state index in [0.717, 1.165) is 18.6 Å². The Morgan fingerprint density at radius 2 is 1.68 bits per heavy atom. The molecule has 1 aromatic heterocycles. The molecule has 0 fully saturated rings. The summed E-state index contributed by atoms with van der Waals surface area (Å²) in [6, 6.07) is 18.9. The van der Waals surface area contributed by atoms with Gasteiger partial charge < -0.3 is 0 Å². The SMILES string of the molecule is CN(Cc1ccccc1)Cc1nc2ccccc2s1. The highest BCUT2D eigenvalue weighted by Crippen LogP contribution is 2.22. The van der Waals surface area contributed by atoms with E-state index in [0.29, 0.717) is 0 Å². The van der Waals surface area contributed by atoms with Crippen molar-refractivity contribution < 1.29 is 0 Å². The van der Waals surface area contributed by atoms with E-state index in [2.05, 4.69) is 65.5 Å². The van der Waals surface area contributed by atoms with E-state index in [9.17, 15) is 0 Å². The van der Waals surface area contributed by atoms with Gasteiger partial charge in [0.1, 0.15) is 5.01 Å². The maximum atomic E-state index is 4.67. The molecule has 0 spiro atoms. The van der Waals surface area contributed by atoms with Crippen molar-refractivity contribution in [2.45, 2.75) is 13.1 Å². The highest BCUT2D eigenvalue weighted by Gasteiger charge is 2.06. The van der Waals surface area contributed by atoms with Crippen LogP contribution >= 0.6 is 11.3 Å². The number of benzene rings is 2. The zero-order valence-electron chi connectivity index (χ0n) is 10.9. The monoisotopic (exact) mass is 268 g/mol. The molecule has 0 aliphatic heterocycles. The van der Waals surface area contributed by atoms with Crippen LogP contribution in [-0.4, -0.2) is 16.9 Å². The van der Waals surface area contributed by atoms with Gasteiger partial charge >= 0.3 is 0 Å². The number of fused-ring (bicyclic) bond motifs is 1. The molecule has 3 aromatic rings. The third-order valence-corrected chi connectivity index (χ3v) is 4.06. The Bertz CT molecular complexity index is 628. The number of hydrogen-bond donors (Lipinski definition) is 0. The lowest BCUT2D eigenvalue weighted by molar-refractivity contribution is 0.319. The second-order valence-corrected chi connectivity index (χ2v) is 5.85. The van der Waals surface area contributed by atoms with Crippen molar-refractivity contribution in [3.63, 3.8) is 0 Å². The summed E-state index contributed by atoms with van der Waals surface area (Å²) in [6.07, 6.45) is 0. The van der Waals surface area contributed by atoms with E-state index in [-0.39, 0.29) is 0 Å². The second kappa shape index (κ2) is 5.51. The Morgan fingerprint density at radius 1 is 0.947 bits per heavy atom. The van der Waals surface area contributed by atoms with Gasteiger partial charge in [0, 0.05) is 6.54 Å². The first kappa shape index (κ1) is 12.3. The van der Waals surface area contributed by atoms with E-state index < -0.39 is 0 Å². The molecule has 0 saturated carbocycles. The molecule has 0 aliphatic rings. The smallest absolute Gasteiger partial charge is 0.108 e. The Kier molecular flexibility index (Phi) is 3.58. The van der Waals surface area contributed by atoms with Crippen LogP contribution in [0.2, 0.25) is 0 Å². The summed E-state index contributed by atoms with van der Waals surface area (Å²) in [6.45, 7) is 1.85. The van der Waals surface area contributed by atoms with Crippen molar-refractivity contribution >= 4 is 21.6 Å². The van der Waals surface area contributed by atoms with E-state index in [1.807, 2.05) is 6.07 Å². The molecule has 1 heterocycles. The summed E-state index contributed by atoms with van der Waals surface area (Å²) < 4.78 is 1.27. The fourth-order valence-corrected chi connectivity index (χ4v) is 3.22. The van der Waals surface area contributed by atoms with Gasteiger partial charge in [-0.2, -0.15) is 0 Å². The molecule has 0 radical (unpaired) electrons. The molecule has 0 N–H and O–H groups in total. The summed E-state index contributed by atoms with van der Waals surface area (Å²) in [5, 5.41) is 1.18. The molecule has 3 heteroatoms. The van der Waals surface area contributed by atoms with Gasteiger partial charge in [-0.15, -0.1) is 11.3 Å². The van der Waals surface area contributed by atoms with Crippen LogP contribution < -0.4 is 0 Å². The Hall–Kier alpha value is -1.71. The molecule has 0 atom stereocenters. The summed E-state index contributed by atoms with van der Waals surface area (Å²) in [5.74, 6) is 0. The quantitative estimate of drug-likeness (QED) is 0.712. The molecular weight excluding hydrogens is 252 g/mol. The van der Waals surface area contributed by atoms with Gasteiger partial charge in [0.25, 0.3) is 0 Å². The fourth-order valence-electron chi connectivity index (χ4n) is 2.17.